The molecule has 2 N–H and O–H groups in total. The Morgan fingerprint density at radius 3 is 1.93 bits per heavy atom. The van der Waals surface area contributed by atoms with Gasteiger partial charge in [-0.3, -0.25) is 5.32 Å². The summed E-state index contributed by atoms with van der Waals surface area (Å²) in [5.74, 6) is 1.55. The van der Waals surface area contributed by atoms with E-state index in [4.69, 9.17) is 20.3 Å². The number of aromatic nitrogens is 6. The third-order valence-corrected chi connectivity index (χ3v) is 9.82. The highest BCUT2D eigenvalue weighted by molar-refractivity contribution is 5.99. The Kier molecular flexibility index (Phi) is 10.1. The van der Waals surface area contributed by atoms with E-state index in [1.54, 1.807) is 6.07 Å². The Bertz CT molecular complexity index is 2270. The Labute approximate surface area is 319 Å². The van der Waals surface area contributed by atoms with Crippen molar-refractivity contribution in [3.05, 3.63) is 168 Å². The quantitative estimate of drug-likeness (QED) is 0.114. The molecule has 10 nitrogen and oxygen atoms in total. The van der Waals surface area contributed by atoms with Gasteiger partial charge in [0.2, 0.25) is 5.95 Å². The molecule has 1 fully saturated rings. The molecule has 0 bridgehead atoms. The fourth-order valence-electron chi connectivity index (χ4n) is 7.13. The van der Waals surface area contributed by atoms with Gasteiger partial charge in [0.1, 0.15) is 17.2 Å². The van der Waals surface area contributed by atoms with Crippen LogP contribution in [0.25, 0.3) is 22.6 Å². The Balaban J connectivity index is 1.28. The van der Waals surface area contributed by atoms with Gasteiger partial charge >= 0.3 is 6.03 Å². The van der Waals surface area contributed by atoms with E-state index < -0.39 is 11.6 Å². The standard InChI is InChI=1S/C44H40FN9O/c1-2-28-53(30-31-22-23-31)42-47-39(29-40(48-42)49-43(55)46-36-26-24-35(45)25-27-36)37-20-12-13-21-38(37)41-50-51-52-54(41)44(32-14-6-3-7-15-32,33-16-8-4-9-17-33)34-18-10-5-11-19-34/h3-21,24-27,29,31H,2,22-23,28,30H2,1H3,(H2,46,47,48,49,55). The van der Waals surface area contributed by atoms with Crippen LogP contribution in [0.2, 0.25) is 0 Å². The zero-order chi connectivity index (χ0) is 37.6. The topological polar surface area (TPSA) is 114 Å². The summed E-state index contributed by atoms with van der Waals surface area (Å²) in [5.41, 5.74) is 4.54. The van der Waals surface area contributed by atoms with Crippen LogP contribution in [0.1, 0.15) is 42.9 Å². The van der Waals surface area contributed by atoms with Crippen molar-refractivity contribution in [1.82, 2.24) is 30.2 Å². The summed E-state index contributed by atoms with van der Waals surface area (Å²) < 4.78 is 15.5. The van der Waals surface area contributed by atoms with Crippen molar-refractivity contribution >= 4 is 23.5 Å². The maximum Gasteiger partial charge on any atom is 0.324 e. The fraction of sp³-hybridized carbons (Fsp3) is 0.182. The molecular formula is C44H40FN9O. The largest absolute Gasteiger partial charge is 0.340 e. The van der Waals surface area contributed by atoms with Gasteiger partial charge in [-0.2, -0.15) is 4.98 Å². The van der Waals surface area contributed by atoms with E-state index in [2.05, 4.69) is 64.1 Å². The van der Waals surface area contributed by atoms with Crippen molar-refractivity contribution in [2.24, 2.45) is 5.92 Å². The van der Waals surface area contributed by atoms with E-state index in [0.717, 1.165) is 47.3 Å². The van der Waals surface area contributed by atoms with Crippen molar-refractivity contribution in [3.63, 3.8) is 0 Å². The summed E-state index contributed by atoms with van der Waals surface area (Å²) in [5, 5.41) is 19.5. The molecule has 1 aliphatic rings. The van der Waals surface area contributed by atoms with Gasteiger partial charge in [-0.25, -0.2) is 18.9 Å². The van der Waals surface area contributed by atoms with Gasteiger partial charge in [0.25, 0.3) is 0 Å². The maximum atomic E-state index is 13.6. The van der Waals surface area contributed by atoms with Crippen LogP contribution in [0, 0.1) is 11.7 Å². The van der Waals surface area contributed by atoms with E-state index in [-0.39, 0.29) is 5.82 Å². The van der Waals surface area contributed by atoms with E-state index in [1.165, 1.54) is 37.1 Å². The second kappa shape index (κ2) is 15.7. The van der Waals surface area contributed by atoms with Gasteiger partial charge in [0.15, 0.2) is 5.82 Å². The van der Waals surface area contributed by atoms with Crippen LogP contribution in [0.4, 0.5) is 26.6 Å². The van der Waals surface area contributed by atoms with E-state index in [9.17, 15) is 9.18 Å². The second-order valence-corrected chi connectivity index (χ2v) is 13.7. The molecule has 0 saturated heterocycles. The number of hydrogen-bond acceptors (Lipinski definition) is 7. The minimum absolute atomic E-state index is 0.318. The monoisotopic (exact) mass is 729 g/mol. The zero-order valence-corrected chi connectivity index (χ0v) is 30.4. The predicted octanol–water partition coefficient (Wildman–Crippen LogP) is 9.05. The molecule has 11 heteroatoms. The summed E-state index contributed by atoms with van der Waals surface area (Å²) in [4.78, 5) is 25.5. The number of nitrogens with one attached hydrogen (secondary N) is 2. The predicted molar refractivity (Wildman–Crippen MR) is 213 cm³/mol. The Morgan fingerprint density at radius 1 is 0.764 bits per heavy atom. The maximum absolute atomic E-state index is 13.6. The number of halogens is 1. The minimum Gasteiger partial charge on any atom is -0.340 e. The number of carbonyl (C=O) groups excluding carboxylic acids is 1. The molecule has 0 atom stereocenters. The molecule has 5 aromatic carbocycles. The van der Waals surface area contributed by atoms with Gasteiger partial charge in [0.05, 0.1) is 5.69 Å². The van der Waals surface area contributed by atoms with Crippen LogP contribution in [-0.2, 0) is 5.54 Å². The smallest absolute Gasteiger partial charge is 0.324 e. The van der Waals surface area contributed by atoms with Gasteiger partial charge in [-0.1, -0.05) is 122 Å². The van der Waals surface area contributed by atoms with Crippen molar-refractivity contribution in [1.29, 1.82) is 0 Å². The highest BCUT2D eigenvalue weighted by Crippen LogP contribution is 2.43. The fourth-order valence-corrected chi connectivity index (χ4v) is 7.13. The number of nitrogens with zero attached hydrogens (tertiary/aromatic N) is 7. The number of rotatable bonds is 13. The molecule has 0 unspecified atom stereocenters. The van der Waals surface area contributed by atoms with Crippen LogP contribution in [0.5, 0.6) is 0 Å². The second-order valence-electron chi connectivity index (χ2n) is 13.7. The molecule has 2 aromatic heterocycles. The minimum atomic E-state index is -0.958. The molecule has 0 spiro atoms. The summed E-state index contributed by atoms with van der Waals surface area (Å²) >= 11 is 0. The lowest BCUT2D eigenvalue weighted by atomic mass is 9.77. The van der Waals surface area contributed by atoms with Crippen LogP contribution in [-0.4, -0.2) is 49.3 Å². The normalized spacial score (nSPS) is 12.6. The molecule has 2 amide bonds. The molecule has 274 valence electrons. The summed E-state index contributed by atoms with van der Waals surface area (Å²) in [7, 11) is 0. The van der Waals surface area contributed by atoms with Crippen LogP contribution >= 0.6 is 0 Å². The first-order valence-corrected chi connectivity index (χ1v) is 18.6. The number of hydrogen-bond donors (Lipinski definition) is 2. The summed E-state index contributed by atoms with van der Waals surface area (Å²) in [6.07, 6.45) is 3.24. The SMILES string of the molecule is CCCN(CC1CC1)c1nc(NC(=O)Nc2ccc(F)cc2)cc(-c2ccccc2-c2nnnn2C(c2ccccc2)(c2ccccc2)c2ccccc2)n1. The average molecular weight is 730 g/mol. The molecule has 2 heterocycles. The average Bonchev–Trinajstić information content (AvgIpc) is 3.92. The molecule has 55 heavy (non-hydrogen) atoms. The highest BCUT2D eigenvalue weighted by atomic mass is 19.1. The summed E-state index contributed by atoms with van der Waals surface area (Å²) in [6, 6.07) is 45.5. The van der Waals surface area contributed by atoms with Crippen molar-refractivity contribution in [2.45, 2.75) is 31.7 Å². The van der Waals surface area contributed by atoms with Crippen LogP contribution in [0.3, 0.4) is 0 Å². The van der Waals surface area contributed by atoms with E-state index >= 15 is 0 Å². The zero-order valence-electron chi connectivity index (χ0n) is 30.4. The lowest BCUT2D eigenvalue weighted by Crippen LogP contribution is -2.39. The Morgan fingerprint density at radius 2 is 1.35 bits per heavy atom. The molecular weight excluding hydrogens is 690 g/mol. The molecule has 1 aliphatic carbocycles. The number of tetrazole rings is 1. The molecule has 8 rings (SSSR count). The Hall–Kier alpha value is -6.75. The molecule has 1 saturated carbocycles. The first kappa shape index (κ1) is 35.3. The lowest BCUT2D eigenvalue weighted by Gasteiger charge is -2.36. The van der Waals surface area contributed by atoms with Crippen molar-refractivity contribution < 1.29 is 9.18 Å². The van der Waals surface area contributed by atoms with E-state index in [0.29, 0.717) is 34.9 Å². The van der Waals surface area contributed by atoms with Gasteiger partial charge in [0, 0.05) is 36.0 Å². The van der Waals surface area contributed by atoms with Gasteiger partial charge in [-0.05, 0) is 76.6 Å². The van der Waals surface area contributed by atoms with Crippen LogP contribution in [0.15, 0.2) is 146 Å². The number of anilines is 3. The number of benzene rings is 5. The van der Waals surface area contributed by atoms with E-state index in [1.807, 2.05) is 83.5 Å². The van der Waals surface area contributed by atoms with Crippen molar-refractivity contribution in [3.8, 4) is 22.6 Å². The van der Waals surface area contributed by atoms with Gasteiger partial charge < -0.3 is 10.2 Å². The third-order valence-electron chi connectivity index (χ3n) is 9.82. The van der Waals surface area contributed by atoms with Gasteiger partial charge in [-0.15, -0.1) is 5.10 Å². The molecule has 0 radical (unpaired) electrons. The highest BCUT2D eigenvalue weighted by Gasteiger charge is 2.42. The molecule has 0 aliphatic heterocycles. The molecule has 7 aromatic rings. The number of carbonyl (C=O) groups is 1. The summed E-state index contributed by atoms with van der Waals surface area (Å²) in [6.45, 7) is 3.72. The van der Waals surface area contributed by atoms with Crippen molar-refractivity contribution in [2.75, 3.05) is 28.6 Å². The first-order chi connectivity index (χ1) is 27.0. The number of amides is 2. The number of urea groups is 1. The first-order valence-electron chi connectivity index (χ1n) is 18.6. The van der Waals surface area contributed by atoms with Crippen LogP contribution < -0.4 is 15.5 Å². The third kappa shape index (κ3) is 7.41. The lowest BCUT2D eigenvalue weighted by molar-refractivity contribution is 0.262.